The fourth-order valence-electron chi connectivity index (χ4n) is 3.17. The second-order valence-corrected chi connectivity index (χ2v) is 5.76. The van der Waals surface area contributed by atoms with Gasteiger partial charge in [-0.2, -0.15) is 4.40 Å². The normalized spacial score (nSPS) is 10.8. The standard InChI is InChI=1S/C22H18N/c1-17-9-8-14-21-22(19-12-6-3-7-13-19)20(15-16-23(17)21)18-10-4-2-5-11-18/h2-16H,1H3/q+1. The smallest absolute Gasteiger partial charge is 0.164 e. The van der Waals surface area contributed by atoms with Crippen molar-refractivity contribution in [3.05, 3.63) is 96.8 Å². The van der Waals surface area contributed by atoms with Gasteiger partial charge in [-0.15, -0.1) is 0 Å². The van der Waals surface area contributed by atoms with Crippen LogP contribution in [0.5, 0.6) is 0 Å². The van der Waals surface area contributed by atoms with Gasteiger partial charge in [0.15, 0.2) is 11.9 Å². The molecule has 0 radical (unpaired) electrons. The SMILES string of the molecule is Cc1cccc2c(-c3ccccc3)c(-c3ccccc3)cc[n+]12. The minimum atomic E-state index is 1.23. The molecule has 0 saturated heterocycles. The Labute approximate surface area is 136 Å². The van der Waals surface area contributed by atoms with Crippen molar-refractivity contribution in [2.75, 3.05) is 0 Å². The number of aryl methyl sites for hydroxylation is 1. The minimum absolute atomic E-state index is 1.23. The molecule has 2 aromatic heterocycles. The van der Waals surface area contributed by atoms with Gasteiger partial charge < -0.3 is 0 Å². The number of benzene rings is 2. The van der Waals surface area contributed by atoms with E-state index >= 15 is 0 Å². The molecule has 110 valence electrons. The predicted molar refractivity (Wildman–Crippen MR) is 95.2 cm³/mol. The minimum Gasteiger partial charge on any atom is -0.164 e. The summed E-state index contributed by atoms with van der Waals surface area (Å²) < 4.78 is 2.26. The first-order chi connectivity index (χ1) is 11.3. The average Bonchev–Trinajstić information content (AvgIpc) is 2.62. The van der Waals surface area contributed by atoms with Gasteiger partial charge in [0.25, 0.3) is 0 Å². The quantitative estimate of drug-likeness (QED) is 0.455. The van der Waals surface area contributed by atoms with Crippen molar-refractivity contribution in [1.29, 1.82) is 0 Å². The van der Waals surface area contributed by atoms with Crippen LogP contribution in [0.25, 0.3) is 27.8 Å². The van der Waals surface area contributed by atoms with E-state index in [1.165, 1.54) is 33.5 Å². The Bertz CT molecular complexity index is 957. The molecular formula is C22H18N+. The van der Waals surface area contributed by atoms with Crippen LogP contribution in [0.1, 0.15) is 5.69 Å². The van der Waals surface area contributed by atoms with E-state index < -0.39 is 0 Å². The molecule has 0 aliphatic carbocycles. The van der Waals surface area contributed by atoms with Crippen molar-refractivity contribution >= 4 is 5.52 Å². The first-order valence-corrected chi connectivity index (χ1v) is 7.89. The van der Waals surface area contributed by atoms with Crippen molar-refractivity contribution in [2.45, 2.75) is 6.92 Å². The van der Waals surface area contributed by atoms with E-state index in [9.17, 15) is 0 Å². The third-order valence-electron chi connectivity index (χ3n) is 4.29. The summed E-state index contributed by atoms with van der Waals surface area (Å²) in [5.41, 5.74) is 7.51. The van der Waals surface area contributed by atoms with E-state index in [0.29, 0.717) is 0 Å². The number of aromatic nitrogens is 1. The molecule has 4 rings (SSSR count). The lowest BCUT2D eigenvalue weighted by molar-refractivity contribution is -0.519. The summed E-state index contributed by atoms with van der Waals surface area (Å²) in [6, 6.07) is 29.9. The second kappa shape index (κ2) is 5.69. The van der Waals surface area contributed by atoms with Gasteiger partial charge in [0.05, 0.1) is 5.56 Å². The van der Waals surface area contributed by atoms with Crippen molar-refractivity contribution < 1.29 is 4.40 Å². The van der Waals surface area contributed by atoms with Crippen LogP contribution < -0.4 is 4.40 Å². The summed E-state index contributed by atoms with van der Waals surface area (Å²) in [6.07, 6.45) is 2.17. The van der Waals surface area contributed by atoms with Crippen LogP contribution in [0.4, 0.5) is 0 Å². The Kier molecular flexibility index (Phi) is 3.39. The molecule has 4 aromatic rings. The van der Waals surface area contributed by atoms with E-state index in [2.05, 4.69) is 102 Å². The van der Waals surface area contributed by atoms with Gasteiger partial charge in [0.1, 0.15) is 0 Å². The van der Waals surface area contributed by atoms with Crippen molar-refractivity contribution in [1.82, 2.24) is 0 Å². The monoisotopic (exact) mass is 296 g/mol. The van der Waals surface area contributed by atoms with Crippen LogP contribution in [-0.2, 0) is 0 Å². The highest BCUT2D eigenvalue weighted by atomic mass is 14.9. The van der Waals surface area contributed by atoms with Gasteiger partial charge in [0.2, 0.25) is 5.52 Å². The topological polar surface area (TPSA) is 4.10 Å². The van der Waals surface area contributed by atoms with Crippen LogP contribution in [0.2, 0.25) is 0 Å². The Balaban J connectivity index is 2.12. The van der Waals surface area contributed by atoms with E-state index in [1.54, 1.807) is 0 Å². The lowest BCUT2D eigenvalue weighted by Crippen LogP contribution is -2.25. The summed E-state index contributed by atoms with van der Waals surface area (Å²) in [6.45, 7) is 2.14. The lowest BCUT2D eigenvalue weighted by atomic mass is 9.94. The molecule has 0 fully saturated rings. The Morgan fingerprint density at radius 2 is 1.26 bits per heavy atom. The van der Waals surface area contributed by atoms with Crippen LogP contribution in [0.15, 0.2) is 91.1 Å². The van der Waals surface area contributed by atoms with Gasteiger partial charge in [-0.05, 0) is 17.2 Å². The van der Waals surface area contributed by atoms with Crippen molar-refractivity contribution in [3.8, 4) is 22.3 Å². The van der Waals surface area contributed by atoms with Crippen LogP contribution in [0.3, 0.4) is 0 Å². The largest absolute Gasteiger partial charge is 0.219 e. The van der Waals surface area contributed by atoms with Gasteiger partial charge >= 0.3 is 0 Å². The third kappa shape index (κ3) is 2.40. The summed E-state index contributed by atoms with van der Waals surface area (Å²) >= 11 is 0. The molecule has 23 heavy (non-hydrogen) atoms. The zero-order valence-electron chi connectivity index (χ0n) is 13.1. The summed E-state index contributed by atoms with van der Waals surface area (Å²) in [7, 11) is 0. The molecule has 0 aliphatic rings. The number of pyridine rings is 2. The van der Waals surface area contributed by atoms with Gasteiger partial charge in [-0.1, -0.05) is 60.7 Å². The molecule has 2 heterocycles. The molecule has 0 unspecified atom stereocenters. The highest BCUT2D eigenvalue weighted by Gasteiger charge is 2.17. The van der Waals surface area contributed by atoms with Crippen LogP contribution >= 0.6 is 0 Å². The molecule has 0 aliphatic heterocycles. The number of hydrogen-bond donors (Lipinski definition) is 0. The maximum atomic E-state index is 2.26. The molecule has 0 spiro atoms. The molecule has 2 aromatic carbocycles. The average molecular weight is 296 g/mol. The molecule has 0 saturated carbocycles. The highest BCUT2D eigenvalue weighted by molar-refractivity contribution is 5.91. The fourth-order valence-corrected chi connectivity index (χ4v) is 3.17. The Hall–Kier alpha value is -2.93. The first-order valence-electron chi connectivity index (χ1n) is 7.89. The number of nitrogens with zero attached hydrogens (tertiary/aromatic N) is 1. The zero-order valence-corrected chi connectivity index (χ0v) is 13.1. The number of rotatable bonds is 2. The predicted octanol–water partition coefficient (Wildman–Crippen LogP) is 5.07. The molecule has 0 N–H and O–H groups in total. The van der Waals surface area contributed by atoms with E-state index in [1.807, 2.05) is 0 Å². The molecule has 0 bridgehead atoms. The van der Waals surface area contributed by atoms with Gasteiger partial charge in [-0.25, -0.2) is 0 Å². The van der Waals surface area contributed by atoms with Crippen LogP contribution in [0, 0.1) is 6.92 Å². The maximum absolute atomic E-state index is 2.26. The van der Waals surface area contributed by atoms with E-state index in [0.717, 1.165) is 0 Å². The lowest BCUT2D eigenvalue weighted by Gasteiger charge is -2.10. The molecule has 0 atom stereocenters. The highest BCUT2D eigenvalue weighted by Crippen LogP contribution is 2.33. The number of fused-ring (bicyclic) bond motifs is 1. The van der Waals surface area contributed by atoms with E-state index in [4.69, 9.17) is 0 Å². The molecular weight excluding hydrogens is 278 g/mol. The Morgan fingerprint density at radius 3 is 1.96 bits per heavy atom. The van der Waals surface area contributed by atoms with Crippen molar-refractivity contribution in [3.63, 3.8) is 0 Å². The molecule has 1 heteroatoms. The number of hydrogen-bond acceptors (Lipinski definition) is 0. The summed E-state index contributed by atoms with van der Waals surface area (Å²) in [5.74, 6) is 0. The summed E-state index contributed by atoms with van der Waals surface area (Å²) in [5, 5.41) is 0. The zero-order chi connectivity index (χ0) is 15.6. The second-order valence-electron chi connectivity index (χ2n) is 5.76. The molecule has 1 nitrogen and oxygen atoms in total. The van der Waals surface area contributed by atoms with E-state index in [-0.39, 0.29) is 0 Å². The van der Waals surface area contributed by atoms with Gasteiger partial charge in [0, 0.05) is 30.7 Å². The van der Waals surface area contributed by atoms with Crippen LogP contribution in [-0.4, -0.2) is 0 Å². The van der Waals surface area contributed by atoms with Gasteiger partial charge in [-0.3, -0.25) is 0 Å². The fraction of sp³-hybridized carbons (Fsp3) is 0.0455. The maximum Gasteiger partial charge on any atom is 0.219 e. The summed E-state index contributed by atoms with van der Waals surface area (Å²) in [4.78, 5) is 0. The van der Waals surface area contributed by atoms with Crippen molar-refractivity contribution in [2.24, 2.45) is 0 Å². The Morgan fingerprint density at radius 1 is 0.609 bits per heavy atom. The first kappa shape index (κ1) is 13.7. The third-order valence-corrected chi connectivity index (χ3v) is 4.29. The molecule has 0 amide bonds.